The van der Waals surface area contributed by atoms with Crippen molar-refractivity contribution in [1.82, 2.24) is 9.80 Å². The van der Waals surface area contributed by atoms with E-state index >= 15 is 0 Å². The van der Waals surface area contributed by atoms with Crippen molar-refractivity contribution in [3.05, 3.63) is 84.9 Å². The second kappa shape index (κ2) is 7.94. The molecule has 136 valence electrons. The van der Waals surface area contributed by atoms with Crippen LogP contribution in [0.15, 0.2) is 89.9 Å². The summed E-state index contributed by atoms with van der Waals surface area (Å²) in [7, 11) is 3.57. The molecule has 3 aromatic rings. The molecule has 1 aliphatic heterocycles. The highest BCUT2D eigenvalue weighted by atomic mass is 31.1. The number of hydrogen-bond donors (Lipinski definition) is 0. The van der Waals surface area contributed by atoms with Gasteiger partial charge in [0.1, 0.15) is 0 Å². The molecule has 0 aromatic heterocycles. The van der Waals surface area contributed by atoms with Crippen LogP contribution in [0.3, 0.4) is 0 Å². The van der Waals surface area contributed by atoms with Crippen LogP contribution in [-0.2, 0) is 0 Å². The van der Waals surface area contributed by atoms with Gasteiger partial charge in [-0.15, -0.1) is 0 Å². The molecular formula is C23H24N3P. The fourth-order valence-electron chi connectivity index (χ4n) is 3.40. The van der Waals surface area contributed by atoms with Gasteiger partial charge in [-0.2, -0.15) is 0 Å². The minimum atomic E-state index is -0.660. The summed E-state index contributed by atoms with van der Waals surface area (Å²) >= 11 is 0. The van der Waals surface area contributed by atoms with E-state index in [4.69, 9.17) is 4.99 Å². The Morgan fingerprint density at radius 1 is 0.667 bits per heavy atom. The first-order chi connectivity index (χ1) is 13.2. The van der Waals surface area contributed by atoms with Gasteiger partial charge in [0.15, 0.2) is 0 Å². The molecule has 0 amide bonds. The minimum Gasteiger partial charge on any atom is -0.344 e. The van der Waals surface area contributed by atoms with Gasteiger partial charge in [-0.05, 0) is 24.6 Å². The highest BCUT2D eigenvalue weighted by molar-refractivity contribution is 7.80. The fraction of sp³-hybridized carbons (Fsp3) is 0.174. The van der Waals surface area contributed by atoms with E-state index in [0.717, 1.165) is 24.7 Å². The van der Waals surface area contributed by atoms with Gasteiger partial charge in [0.25, 0.3) is 0 Å². The second-order valence-corrected chi connectivity index (χ2v) is 8.94. The molecule has 0 bridgehead atoms. The maximum absolute atomic E-state index is 5.08. The first-order valence-corrected chi connectivity index (χ1v) is 10.6. The molecule has 1 aliphatic rings. The van der Waals surface area contributed by atoms with Gasteiger partial charge < -0.3 is 9.80 Å². The summed E-state index contributed by atoms with van der Waals surface area (Å²) in [6, 6.07) is 30.2. The van der Waals surface area contributed by atoms with Crippen LogP contribution in [0, 0.1) is 0 Å². The number of benzene rings is 3. The molecule has 27 heavy (non-hydrogen) atoms. The van der Waals surface area contributed by atoms with E-state index in [0.29, 0.717) is 0 Å². The summed E-state index contributed by atoms with van der Waals surface area (Å²) in [6.45, 7) is 2.03. The van der Waals surface area contributed by atoms with Crippen molar-refractivity contribution < 1.29 is 0 Å². The minimum absolute atomic E-state index is 0.660. The highest BCUT2D eigenvalue weighted by Crippen LogP contribution is 2.36. The van der Waals surface area contributed by atoms with Crippen LogP contribution in [0.2, 0.25) is 0 Å². The lowest BCUT2D eigenvalue weighted by atomic mass is 10.3. The predicted molar refractivity (Wildman–Crippen MR) is 118 cm³/mol. The van der Waals surface area contributed by atoms with Gasteiger partial charge in [-0.3, -0.25) is 0 Å². The van der Waals surface area contributed by atoms with Crippen LogP contribution in [0.5, 0.6) is 0 Å². The van der Waals surface area contributed by atoms with Gasteiger partial charge in [-0.1, -0.05) is 78.9 Å². The van der Waals surface area contributed by atoms with Crippen molar-refractivity contribution in [1.29, 1.82) is 0 Å². The summed E-state index contributed by atoms with van der Waals surface area (Å²) in [5, 5.41) is 3.99. The van der Waals surface area contributed by atoms with Gasteiger partial charge in [0.2, 0.25) is 5.96 Å². The number of rotatable bonds is 4. The Morgan fingerprint density at radius 3 is 1.70 bits per heavy atom. The molecule has 0 atom stereocenters. The first-order valence-electron chi connectivity index (χ1n) is 9.24. The quantitative estimate of drug-likeness (QED) is 0.654. The van der Waals surface area contributed by atoms with E-state index in [1.165, 1.54) is 15.9 Å². The smallest absolute Gasteiger partial charge is 0.201 e. The van der Waals surface area contributed by atoms with E-state index in [1.807, 2.05) is 0 Å². The third-order valence-electron chi connectivity index (χ3n) is 4.83. The fourth-order valence-corrected chi connectivity index (χ4v) is 5.78. The van der Waals surface area contributed by atoms with Crippen LogP contribution in [0.4, 0.5) is 5.69 Å². The zero-order valence-electron chi connectivity index (χ0n) is 15.8. The zero-order chi connectivity index (χ0) is 18.6. The lowest BCUT2D eigenvalue weighted by molar-refractivity contribution is 0.553. The molecule has 4 heteroatoms. The van der Waals surface area contributed by atoms with Gasteiger partial charge in [-0.25, -0.2) is 4.99 Å². The number of guanidine groups is 1. The van der Waals surface area contributed by atoms with Gasteiger partial charge >= 0.3 is 0 Å². The molecule has 1 saturated heterocycles. The molecule has 0 unspecified atom stereocenters. The number of likely N-dealkylation sites (N-methyl/N-ethyl adjacent to an activating group) is 2. The molecule has 3 aromatic carbocycles. The Bertz CT molecular complexity index is 873. The molecule has 0 N–H and O–H groups in total. The molecule has 0 saturated carbocycles. The average Bonchev–Trinajstić information content (AvgIpc) is 3.03. The highest BCUT2D eigenvalue weighted by Gasteiger charge is 2.23. The molecule has 0 radical (unpaired) electrons. The topological polar surface area (TPSA) is 18.8 Å². The lowest BCUT2D eigenvalue weighted by Crippen LogP contribution is -2.28. The van der Waals surface area contributed by atoms with Crippen molar-refractivity contribution in [2.45, 2.75) is 0 Å². The molecule has 3 nitrogen and oxygen atoms in total. The number of hydrogen-bond acceptors (Lipinski definition) is 1. The van der Waals surface area contributed by atoms with Crippen molar-refractivity contribution in [3.63, 3.8) is 0 Å². The summed E-state index contributed by atoms with van der Waals surface area (Å²) in [4.78, 5) is 9.53. The van der Waals surface area contributed by atoms with E-state index < -0.39 is 7.92 Å². The zero-order valence-corrected chi connectivity index (χ0v) is 16.7. The Hall–Kier alpha value is -2.64. The lowest BCUT2D eigenvalue weighted by Gasteiger charge is -2.22. The predicted octanol–water partition coefficient (Wildman–Crippen LogP) is 3.31. The monoisotopic (exact) mass is 373 g/mol. The van der Waals surface area contributed by atoms with Gasteiger partial charge in [0, 0.05) is 32.5 Å². The third-order valence-corrected chi connectivity index (χ3v) is 7.31. The second-order valence-electron chi connectivity index (χ2n) is 6.75. The SMILES string of the molecule is CN1CCN(C)C1=Nc1ccccc1P(c1ccccc1)c1ccccc1. The number of nitrogens with zero attached hydrogens (tertiary/aromatic N) is 3. The maximum Gasteiger partial charge on any atom is 0.201 e. The maximum atomic E-state index is 5.08. The van der Waals surface area contributed by atoms with Gasteiger partial charge in [0.05, 0.1) is 5.69 Å². The third kappa shape index (κ3) is 3.74. The number of aliphatic imine (C=N–C) groups is 1. The number of para-hydroxylation sites is 1. The van der Waals surface area contributed by atoms with Crippen LogP contribution in [0.25, 0.3) is 0 Å². The van der Waals surface area contributed by atoms with Crippen LogP contribution < -0.4 is 15.9 Å². The van der Waals surface area contributed by atoms with Crippen LogP contribution in [-0.4, -0.2) is 42.9 Å². The molecule has 1 fully saturated rings. The largest absolute Gasteiger partial charge is 0.344 e. The molecular weight excluding hydrogens is 349 g/mol. The molecule has 4 rings (SSSR count). The summed E-state index contributed by atoms with van der Waals surface area (Å²) in [6.07, 6.45) is 0. The summed E-state index contributed by atoms with van der Waals surface area (Å²) in [5.41, 5.74) is 1.06. The van der Waals surface area contributed by atoms with Crippen LogP contribution in [0.1, 0.15) is 0 Å². The van der Waals surface area contributed by atoms with E-state index in [9.17, 15) is 0 Å². The van der Waals surface area contributed by atoms with Crippen LogP contribution >= 0.6 is 7.92 Å². The van der Waals surface area contributed by atoms with E-state index in [2.05, 4.69) is 109 Å². The molecule has 0 spiro atoms. The van der Waals surface area contributed by atoms with Crippen molar-refractivity contribution in [2.24, 2.45) is 4.99 Å². The summed E-state index contributed by atoms with van der Waals surface area (Å²) < 4.78 is 0. The summed E-state index contributed by atoms with van der Waals surface area (Å²) in [5.74, 6) is 1.04. The Kier molecular flexibility index (Phi) is 5.22. The average molecular weight is 373 g/mol. The Morgan fingerprint density at radius 2 is 1.15 bits per heavy atom. The van der Waals surface area contributed by atoms with Crippen molar-refractivity contribution in [3.8, 4) is 0 Å². The normalized spacial score (nSPS) is 14.1. The van der Waals surface area contributed by atoms with E-state index in [-0.39, 0.29) is 0 Å². The molecule has 1 heterocycles. The van der Waals surface area contributed by atoms with Crippen molar-refractivity contribution in [2.75, 3.05) is 27.2 Å². The van der Waals surface area contributed by atoms with E-state index in [1.54, 1.807) is 0 Å². The first kappa shape index (κ1) is 17.8. The standard InChI is InChI=1S/C23H24N3P/c1-25-17-18-26(2)23(25)24-21-15-9-10-16-22(21)27(19-11-5-3-6-12-19)20-13-7-4-8-14-20/h3-16H,17-18H2,1-2H3. The molecule has 0 aliphatic carbocycles. The van der Waals surface area contributed by atoms with Crippen molar-refractivity contribution >= 4 is 35.5 Å². The Balaban J connectivity index is 1.86. The Labute approximate surface area is 162 Å².